The van der Waals surface area contributed by atoms with Crippen LogP contribution in [0.3, 0.4) is 0 Å². The molecule has 0 aliphatic carbocycles. The van der Waals surface area contributed by atoms with Gasteiger partial charge in [-0.15, -0.1) is 6.58 Å². The zero-order chi connectivity index (χ0) is 13.8. The highest BCUT2D eigenvalue weighted by atomic mass is 32.2. The maximum absolute atomic E-state index is 11.7. The van der Waals surface area contributed by atoms with Gasteiger partial charge in [0.25, 0.3) is 0 Å². The Bertz CT molecular complexity index is 532. The Kier molecular flexibility index (Phi) is 4.67. The minimum absolute atomic E-state index is 0.0259. The molecule has 0 aromatic heterocycles. The van der Waals surface area contributed by atoms with E-state index in [-0.39, 0.29) is 17.2 Å². The highest BCUT2D eigenvalue weighted by Crippen LogP contribution is 2.11. The standard InChI is InChI=1S/C13H17NO3S/c1-4-9-14(2)13(15)10-11-5-7-12(8-6-11)18(3,16)17/h4-8H,1,9-10H2,2-3H3. The molecule has 1 rings (SSSR count). The molecule has 0 fully saturated rings. The van der Waals surface area contributed by atoms with Gasteiger partial charge in [0.05, 0.1) is 11.3 Å². The van der Waals surface area contributed by atoms with E-state index in [0.717, 1.165) is 11.8 Å². The van der Waals surface area contributed by atoms with Crippen LogP contribution in [0, 0.1) is 0 Å². The van der Waals surface area contributed by atoms with Crippen LogP contribution in [-0.4, -0.2) is 39.1 Å². The predicted molar refractivity (Wildman–Crippen MR) is 71.1 cm³/mol. The third-order valence-corrected chi connectivity index (χ3v) is 3.66. The summed E-state index contributed by atoms with van der Waals surface area (Å²) in [6.07, 6.45) is 3.07. The lowest BCUT2D eigenvalue weighted by Gasteiger charge is -2.14. The number of hydrogen-bond acceptors (Lipinski definition) is 3. The van der Waals surface area contributed by atoms with Crippen molar-refractivity contribution in [3.8, 4) is 0 Å². The van der Waals surface area contributed by atoms with E-state index in [4.69, 9.17) is 0 Å². The van der Waals surface area contributed by atoms with Gasteiger partial charge in [-0.05, 0) is 17.7 Å². The topological polar surface area (TPSA) is 54.5 Å². The molecule has 5 heteroatoms. The molecule has 0 atom stereocenters. The molecule has 0 aliphatic heterocycles. The van der Waals surface area contributed by atoms with Crippen molar-refractivity contribution >= 4 is 15.7 Å². The fourth-order valence-electron chi connectivity index (χ4n) is 1.46. The third kappa shape index (κ3) is 4.00. The maximum Gasteiger partial charge on any atom is 0.227 e. The van der Waals surface area contributed by atoms with Gasteiger partial charge in [0.2, 0.25) is 5.91 Å². The molecule has 0 heterocycles. The van der Waals surface area contributed by atoms with E-state index in [1.54, 1.807) is 30.2 Å². The van der Waals surface area contributed by atoms with Gasteiger partial charge >= 0.3 is 0 Å². The second kappa shape index (κ2) is 5.82. The number of carbonyl (C=O) groups excluding carboxylic acids is 1. The summed E-state index contributed by atoms with van der Waals surface area (Å²) in [5, 5.41) is 0. The summed E-state index contributed by atoms with van der Waals surface area (Å²) in [4.78, 5) is 13.6. The molecular formula is C13H17NO3S. The first-order chi connectivity index (χ1) is 8.34. The van der Waals surface area contributed by atoms with Gasteiger partial charge in [-0.25, -0.2) is 8.42 Å². The monoisotopic (exact) mass is 267 g/mol. The average Bonchev–Trinajstić information content (AvgIpc) is 2.28. The fraction of sp³-hybridized carbons (Fsp3) is 0.308. The molecule has 1 aromatic rings. The molecule has 18 heavy (non-hydrogen) atoms. The predicted octanol–water partition coefficient (Wildman–Crippen LogP) is 1.28. The van der Waals surface area contributed by atoms with Crippen molar-refractivity contribution in [3.05, 3.63) is 42.5 Å². The summed E-state index contributed by atoms with van der Waals surface area (Å²) in [5.74, 6) is -0.0259. The quantitative estimate of drug-likeness (QED) is 0.755. The van der Waals surface area contributed by atoms with Crippen LogP contribution in [0.25, 0.3) is 0 Å². The Labute approximate surface area is 108 Å². The molecular weight excluding hydrogens is 250 g/mol. The van der Waals surface area contributed by atoms with E-state index < -0.39 is 9.84 Å². The smallest absolute Gasteiger partial charge is 0.227 e. The molecule has 4 nitrogen and oxygen atoms in total. The molecule has 0 saturated heterocycles. The molecule has 98 valence electrons. The van der Waals surface area contributed by atoms with Gasteiger partial charge in [0, 0.05) is 19.8 Å². The largest absolute Gasteiger partial charge is 0.342 e. The number of carbonyl (C=O) groups is 1. The maximum atomic E-state index is 11.7. The normalized spacial score (nSPS) is 11.0. The van der Waals surface area contributed by atoms with Crippen LogP contribution in [0.15, 0.2) is 41.8 Å². The van der Waals surface area contributed by atoms with Gasteiger partial charge in [0.15, 0.2) is 9.84 Å². The summed E-state index contributed by atoms with van der Waals surface area (Å²) in [5.41, 5.74) is 0.795. The first-order valence-electron chi connectivity index (χ1n) is 5.48. The minimum atomic E-state index is -3.18. The lowest BCUT2D eigenvalue weighted by atomic mass is 10.1. The van der Waals surface area contributed by atoms with Crippen LogP contribution in [0.1, 0.15) is 5.56 Å². The number of sulfone groups is 1. The van der Waals surface area contributed by atoms with Crippen LogP contribution < -0.4 is 0 Å². The number of rotatable bonds is 5. The van der Waals surface area contributed by atoms with Crippen LogP contribution >= 0.6 is 0 Å². The first kappa shape index (κ1) is 14.4. The summed E-state index contributed by atoms with van der Waals surface area (Å²) < 4.78 is 22.5. The zero-order valence-electron chi connectivity index (χ0n) is 10.6. The van der Waals surface area contributed by atoms with Gasteiger partial charge in [0.1, 0.15) is 0 Å². The first-order valence-corrected chi connectivity index (χ1v) is 7.37. The van der Waals surface area contributed by atoms with Crippen LogP contribution in [0.2, 0.25) is 0 Å². The van der Waals surface area contributed by atoms with Gasteiger partial charge in [-0.2, -0.15) is 0 Å². The van der Waals surface area contributed by atoms with Crippen molar-refractivity contribution in [2.24, 2.45) is 0 Å². The Morgan fingerprint density at radius 3 is 2.33 bits per heavy atom. The molecule has 0 N–H and O–H groups in total. The summed E-state index contributed by atoms with van der Waals surface area (Å²) >= 11 is 0. The molecule has 0 saturated carbocycles. The number of likely N-dealkylation sites (N-methyl/N-ethyl adjacent to an activating group) is 1. The van der Waals surface area contributed by atoms with Gasteiger partial charge < -0.3 is 4.90 Å². The summed E-state index contributed by atoms with van der Waals surface area (Å²) in [6.45, 7) is 4.07. The molecule has 0 bridgehead atoms. The lowest BCUT2D eigenvalue weighted by Crippen LogP contribution is -2.28. The van der Waals surface area contributed by atoms with Crippen molar-refractivity contribution < 1.29 is 13.2 Å². The Morgan fingerprint density at radius 1 is 1.33 bits per heavy atom. The van der Waals surface area contributed by atoms with Crippen LogP contribution in [0.5, 0.6) is 0 Å². The van der Waals surface area contributed by atoms with Crippen molar-refractivity contribution in [1.82, 2.24) is 4.90 Å². The number of benzene rings is 1. The van der Waals surface area contributed by atoms with Crippen molar-refractivity contribution in [2.45, 2.75) is 11.3 Å². The van der Waals surface area contributed by atoms with Crippen molar-refractivity contribution in [3.63, 3.8) is 0 Å². The minimum Gasteiger partial charge on any atom is -0.342 e. The second-order valence-corrected chi connectivity index (χ2v) is 6.17. The van der Waals surface area contributed by atoms with Crippen molar-refractivity contribution in [2.75, 3.05) is 19.8 Å². The van der Waals surface area contributed by atoms with Crippen LogP contribution in [-0.2, 0) is 21.1 Å². The van der Waals surface area contributed by atoms with E-state index in [1.165, 1.54) is 12.1 Å². The Morgan fingerprint density at radius 2 is 1.89 bits per heavy atom. The molecule has 1 aromatic carbocycles. The second-order valence-electron chi connectivity index (χ2n) is 4.16. The molecule has 1 amide bonds. The van der Waals surface area contributed by atoms with Gasteiger partial charge in [-0.3, -0.25) is 4.79 Å². The summed E-state index contributed by atoms with van der Waals surface area (Å²) in [7, 11) is -1.48. The van der Waals surface area contributed by atoms with E-state index in [1.807, 2.05) is 0 Å². The number of nitrogens with zero attached hydrogens (tertiary/aromatic N) is 1. The molecule has 0 radical (unpaired) electrons. The van der Waals surface area contributed by atoms with E-state index >= 15 is 0 Å². The molecule has 0 spiro atoms. The third-order valence-electron chi connectivity index (χ3n) is 2.54. The molecule has 0 unspecified atom stereocenters. The highest BCUT2D eigenvalue weighted by molar-refractivity contribution is 7.90. The zero-order valence-corrected chi connectivity index (χ0v) is 11.4. The van der Waals surface area contributed by atoms with E-state index in [9.17, 15) is 13.2 Å². The van der Waals surface area contributed by atoms with Crippen LogP contribution in [0.4, 0.5) is 0 Å². The highest BCUT2D eigenvalue weighted by Gasteiger charge is 2.10. The van der Waals surface area contributed by atoms with E-state index in [0.29, 0.717) is 6.54 Å². The average molecular weight is 267 g/mol. The van der Waals surface area contributed by atoms with Gasteiger partial charge in [-0.1, -0.05) is 18.2 Å². The summed E-state index contributed by atoms with van der Waals surface area (Å²) in [6, 6.07) is 6.36. The number of hydrogen-bond donors (Lipinski definition) is 0. The Balaban J connectivity index is 2.76. The SMILES string of the molecule is C=CCN(C)C(=O)Cc1ccc(S(C)(=O)=O)cc1. The van der Waals surface area contributed by atoms with Crippen molar-refractivity contribution in [1.29, 1.82) is 0 Å². The van der Waals surface area contributed by atoms with E-state index in [2.05, 4.69) is 6.58 Å². The number of amides is 1. The molecule has 0 aliphatic rings. The fourth-order valence-corrected chi connectivity index (χ4v) is 2.09. The lowest BCUT2D eigenvalue weighted by molar-refractivity contribution is -0.128. The Hall–Kier alpha value is -1.62.